The Kier molecular flexibility index (Phi) is 5.15. The molecule has 0 aromatic carbocycles. The minimum Gasteiger partial charge on any atom is -0.472 e. The summed E-state index contributed by atoms with van der Waals surface area (Å²) in [5.74, 6) is 0.560. The first-order valence-corrected chi connectivity index (χ1v) is 9.15. The van der Waals surface area contributed by atoms with Gasteiger partial charge in [-0.3, -0.25) is 9.88 Å². The van der Waals surface area contributed by atoms with Crippen molar-refractivity contribution in [2.75, 3.05) is 19.8 Å². The molecule has 1 saturated heterocycles. The highest BCUT2D eigenvalue weighted by Gasteiger charge is 2.40. The van der Waals surface area contributed by atoms with E-state index < -0.39 is 0 Å². The molecule has 2 aliphatic rings. The first-order chi connectivity index (χ1) is 12.3. The van der Waals surface area contributed by atoms with E-state index >= 15 is 0 Å². The van der Waals surface area contributed by atoms with Crippen LogP contribution in [0, 0.1) is 12.8 Å². The average molecular weight is 342 g/mol. The lowest BCUT2D eigenvalue weighted by Gasteiger charge is -2.37. The van der Waals surface area contributed by atoms with E-state index in [1.54, 1.807) is 6.26 Å². The number of hydrogen-bond acceptors (Lipinski definition) is 5. The number of pyridine rings is 1. The van der Waals surface area contributed by atoms with Crippen LogP contribution in [0.1, 0.15) is 29.8 Å². The topological polar surface area (TPSA) is 47.7 Å². The molecular formula is C20H26N2O3. The van der Waals surface area contributed by atoms with Crippen molar-refractivity contribution in [3.63, 3.8) is 0 Å². The third kappa shape index (κ3) is 4.11. The third-order valence-electron chi connectivity index (χ3n) is 5.26. The Hall–Kier alpha value is -1.69. The van der Waals surface area contributed by atoms with E-state index in [4.69, 9.17) is 13.9 Å². The second-order valence-corrected chi connectivity index (χ2v) is 7.20. The third-order valence-corrected chi connectivity index (χ3v) is 5.26. The van der Waals surface area contributed by atoms with Gasteiger partial charge in [0.1, 0.15) is 0 Å². The van der Waals surface area contributed by atoms with Crippen LogP contribution in [-0.2, 0) is 22.6 Å². The van der Waals surface area contributed by atoms with Crippen molar-refractivity contribution >= 4 is 0 Å². The second-order valence-electron chi connectivity index (χ2n) is 7.20. The fourth-order valence-corrected chi connectivity index (χ4v) is 4.09. The zero-order valence-electron chi connectivity index (χ0n) is 14.8. The number of nitrogens with zero attached hydrogens (tertiary/aromatic N) is 2. The van der Waals surface area contributed by atoms with Gasteiger partial charge in [0.15, 0.2) is 0 Å². The summed E-state index contributed by atoms with van der Waals surface area (Å²) >= 11 is 0. The van der Waals surface area contributed by atoms with Crippen LogP contribution in [0.15, 0.2) is 41.2 Å². The molecule has 2 aromatic heterocycles. The summed E-state index contributed by atoms with van der Waals surface area (Å²) in [4.78, 5) is 7.04. The van der Waals surface area contributed by atoms with Crippen LogP contribution in [0.5, 0.6) is 0 Å². The van der Waals surface area contributed by atoms with Crippen molar-refractivity contribution in [1.82, 2.24) is 9.88 Å². The Morgan fingerprint density at radius 3 is 3.08 bits per heavy atom. The minimum absolute atomic E-state index is 0.339. The number of morpholine rings is 1. The Balaban J connectivity index is 1.29. The first kappa shape index (κ1) is 16.8. The SMILES string of the molecule is Cc1cccc(COCC2C[C@@H]3OCCN(Cc4ccoc4)[C@H]3C2)n1. The summed E-state index contributed by atoms with van der Waals surface area (Å²) in [6.45, 7) is 6.14. The van der Waals surface area contributed by atoms with Crippen molar-refractivity contribution in [2.24, 2.45) is 5.92 Å². The number of aromatic nitrogens is 1. The molecule has 3 atom stereocenters. The van der Waals surface area contributed by atoms with Gasteiger partial charge in [-0.05, 0) is 43.9 Å². The molecular weight excluding hydrogens is 316 g/mol. The number of hydrogen-bond donors (Lipinski definition) is 0. The van der Waals surface area contributed by atoms with Crippen LogP contribution >= 0.6 is 0 Å². The van der Waals surface area contributed by atoms with Crippen LogP contribution in [-0.4, -0.2) is 41.8 Å². The second kappa shape index (κ2) is 7.68. The molecule has 1 aliphatic carbocycles. The number of fused-ring (bicyclic) bond motifs is 1. The highest BCUT2D eigenvalue weighted by Crippen LogP contribution is 2.35. The van der Waals surface area contributed by atoms with Gasteiger partial charge in [0.2, 0.25) is 0 Å². The van der Waals surface area contributed by atoms with E-state index in [0.717, 1.165) is 50.5 Å². The lowest BCUT2D eigenvalue weighted by molar-refractivity contribution is -0.0591. The van der Waals surface area contributed by atoms with Gasteiger partial charge in [-0.15, -0.1) is 0 Å². The van der Waals surface area contributed by atoms with Crippen molar-refractivity contribution in [1.29, 1.82) is 0 Å². The number of furan rings is 1. The molecule has 25 heavy (non-hydrogen) atoms. The van der Waals surface area contributed by atoms with Crippen LogP contribution in [0.25, 0.3) is 0 Å². The van der Waals surface area contributed by atoms with Gasteiger partial charge in [-0.1, -0.05) is 6.07 Å². The molecule has 1 saturated carbocycles. The highest BCUT2D eigenvalue weighted by atomic mass is 16.5. The Morgan fingerprint density at radius 2 is 2.24 bits per heavy atom. The highest BCUT2D eigenvalue weighted by molar-refractivity contribution is 5.09. The molecule has 1 aliphatic heterocycles. The number of rotatable bonds is 6. The number of ether oxygens (including phenoxy) is 2. The first-order valence-electron chi connectivity index (χ1n) is 9.15. The summed E-state index contributed by atoms with van der Waals surface area (Å²) in [7, 11) is 0. The molecule has 0 N–H and O–H groups in total. The smallest absolute Gasteiger partial charge is 0.0947 e. The van der Waals surface area contributed by atoms with Crippen LogP contribution in [0.4, 0.5) is 0 Å². The van der Waals surface area contributed by atoms with E-state index in [-0.39, 0.29) is 0 Å². The van der Waals surface area contributed by atoms with Crippen LogP contribution < -0.4 is 0 Å². The van der Waals surface area contributed by atoms with E-state index in [1.807, 2.05) is 31.4 Å². The minimum atomic E-state index is 0.339. The van der Waals surface area contributed by atoms with Crippen LogP contribution in [0.3, 0.4) is 0 Å². The lowest BCUT2D eigenvalue weighted by Crippen LogP contribution is -2.47. The van der Waals surface area contributed by atoms with Gasteiger partial charge in [0.05, 0.1) is 44.1 Å². The molecule has 0 spiro atoms. The monoisotopic (exact) mass is 342 g/mol. The molecule has 2 fully saturated rings. The average Bonchev–Trinajstić information content (AvgIpc) is 3.25. The molecule has 0 bridgehead atoms. The van der Waals surface area contributed by atoms with Gasteiger partial charge in [-0.25, -0.2) is 0 Å². The quantitative estimate of drug-likeness (QED) is 0.807. The molecule has 4 rings (SSSR count). The van der Waals surface area contributed by atoms with Crippen molar-refractivity contribution in [3.8, 4) is 0 Å². The van der Waals surface area contributed by atoms with E-state index in [1.165, 1.54) is 5.56 Å². The molecule has 134 valence electrons. The predicted molar refractivity (Wildman–Crippen MR) is 94.0 cm³/mol. The molecule has 5 nitrogen and oxygen atoms in total. The normalized spacial score (nSPS) is 26.7. The van der Waals surface area contributed by atoms with E-state index in [2.05, 4.69) is 16.0 Å². The summed E-state index contributed by atoms with van der Waals surface area (Å²) in [5.41, 5.74) is 3.29. The standard InChI is InChI=1S/C20H26N2O3/c1-15-3-2-4-18(21-15)14-24-13-17-9-19-20(10-17)25-8-6-22(19)11-16-5-7-23-12-16/h2-5,7,12,17,19-20H,6,8-11,13-14H2,1H3/t17?,19-,20-/m0/s1. The molecule has 0 amide bonds. The van der Waals surface area contributed by atoms with Gasteiger partial charge in [0, 0.05) is 30.4 Å². The fraction of sp³-hybridized carbons (Fsp3) is 0.550. The Morgan fingerprint density at radius 1 is 1.28 bits per heavy atom. The Labute approximate surface area is 148 Å². The van der Waals surface area contributed by atoms with Gasteiger partial charge < -0.3 is 13.9 Å². The number of aryl methyl sites for hydroxylation is 1. The van der Waals surface area contributed by atoms with Crippen molar-refractivity contribution < 1.29 is 13.9 Å². The summed E-state index contributed by atoms with van der Waals surface area (Å²) in [6, 6.07) is 8.62. The van der Waals surface area contributed by atoms with Gasteiger partial charge >= 0.3 is 0 Å². The molecule has 2 aromatic rings. The van der Waals surface area contributed by atoms with Gasteiger partial charge in [0.25, 0.3) is 0 Å². The lowest BCUT2D eigenvalue weighted by atomic mass is 10.1. The molecule has 0 radical (unpaired) electrons. The maximum Gasteiger partial charge on any atom is 0.0947 e. The van der Waals surface area contributed by atoms with Crippen molar-refractivity contribution in [2.45, 2.75) is 45.1 Å². The molecule has 3 heterocycles. The zero-order valence-corrected chi connectivity index (χ0v) is 14.8. The largest absolute Gasteiger partial charge is 0.472 e. The van der Waals surface area contributed by atoms with Gasteiger partial charge in [-0.2, -0.15) is 0 Å². The maximum absolute atomic E-state index is 6.03. The van der Waals surface area contributed by atoms with Crippen LogP contribution in [0.2, 0.25) is 0 Å². The Bertz CT molecular complexity index is 673. The summed E-state index contributed by atoms with van der Waals surface area (Å²) in [5, 5.41) is 0. The van der Waals surface area contributed by atoms with Crippen molar-refractivity contribution in [3.05, 3.63) is 53.7 Å². The maximum atomic E-state index is 6.03. The van der Waals surface area contributed by atoms with E-state index in [9.17, 15) is 0 Å². The fourth-order valence-electron chi connectivity index (χ4n) is 4.09. The summed E-state index contributed by atoms with van der Waals surface area (Å²) < 4.78 is 17.2. The zero-order chi connectivity index (χ0) is 17.1. The van der Waals surface area contributed by atoms with E-state index in [0.29, 0.717) is 24.7 Å². The predicted octanol–water partition coefficient (Wildman–Crippen LogP) is 3.18. The molecule has 5 heteroatoms. The molecule has 1 unspecified atom stereocenters. The summed E-state index contributed by atoms with van der Waals surface area (Å²) in [6.07, 6.45) is 6.16.